The summed E-state index contributed by atoms with van der Waals surface area (Å²) in [5.41, 5.74) is 1.56. The van der Waals surface area contributed by atoms with Crippen LogP contribution in [0.3, 0.4) is 0 Å². The van der Waals surface area contributed by atoms with Gasteiger partial charge in [0, 0.05) is 29.3 Å². The molecule has 0 radical (unpaired) electrons. The van der Waals surface area contributed by atoms with Gasteiger partial charge in [-0.1, -0.05) is 6.92 Å². The summed E-state index contributed by atoms with van der Waals surface area (Å²) in [5.74, 6) is 2.47. The van der Waals surface area contributed by atoms with Crippen molar-refractivity contribution in [3.05, 3.63) is 15.6 Å². The normalized spacial score (nSPS) is 35.0. The summed E-state index contributed by atoms with van der Waals surface area (Å²) in [4.78, 5) is 6.37. The fourth-order valence-electron chi connectivity index (χ4n) is 4.10. The van der Waals surface area contributed by atoms with Crippen molar-refractivity contribution in [1.29, 1.82) is 0 Å². The van der Waals surface area contributed by atoms with Gasteiger partial charge in [-0.15, -0.1) is 11.3 Å². The SMILES string of the molecule is CCc1nc2c(s1)[C@H](N[C@H]1CCO[C@]3(CCSC3)C1)CCC2. The third-order valence-electron chi connectivity index (χ3n) is 5.29. The smallest absolute Gasteiger partial charge is 0.0928 e. The summed E-state index contributed by atoms with van der Waals surface area (Å²) in [6.45, 7) is 3.15. The topological polar surface area (TPSA) is 34.2 Å². The maximum atomic E-state index is 6.17. The molecular weight excluding hydrogens is 312 g/mol. The lowest BCUT2D eigenvalue weighted by atomic mass is 9.88. The van der Waals surface area contributed by atoms with Gasteiger partial charge >= 0.3 is 0 Å². The first-order chi connectivity index (χ1) is 10.8. The first kappa shape index (κ1) is 15.4. The van der Waals surface area contributed by atoms with E-state index in [-0.39, 0.29) is 5.60 Å². The Morgan fingerprint density at radius 3 is 3.18 bits per heavy atom. The number of ether oxygens (including phenoxy) is 1. The fraction of sp³-hybridized carbons (Fsp3) is 0.824. The third kappa shape index (κ3) is 2.97. The number of fused-ring (bicyclic) bond motifs is 1. The maximum Gasteiger partial charge on any atom is 0.0928 e. The van der Waals surface area contributed by atoms with Gasteiger partial charge in [0.05, 0.1) is 16.3 Å². The monoisotopic (exact) mass is 338 g/mol. The van der Waals surface area contributed by atoms with Crippen molar-refractivity contribution >= 4 is 23.1 Å². The standard InChI is InChI=1S/C17H26N2OS2/c1-2-15-19-14-5-3-4-13(16(14)22-15)18-12-6-8-20-17(10-12)7-9-21-11-17/h12-13,18H,2-11H2,1H3/t12-,13+,17+/m0/s1. The molecular formula is C17H26N2OS2. The van der Waals surface area contributed by atoms with Crippen LogP contribution < -0.4 is 5.32 Å². The molecule has 0 saturated carbocycles. The number of hydrogen-bond acceptors (Lipinski definition) is 5. The second-order valence-electron chi connectivity index (χ2n) is 6.91. The summed E-state index contributed by atoms with van der Waals surface area (Å²) in [5, 5.41) is 5.30. The van der Waals surface area contributed by atoms with Crippen LogP contribution in [0.2, 0.25) is 0 Å². The molecule has 0 bridgehead atoms. The van der Waals surface area contributed by atoms with Gasteiger partial charge < -0.3 is 10.1 Å². The van der Waals surface area contributed by atoms with Crippen LogP contribution in [0.4, 0.5) is 0 Å². The van der Waals surface area contributed by atoms with Crippen LogP contribution in [-0.4, -0.2) is 34.7 Å². The van der Waals surface area contributed by atoms with E-state index in [1.54, 1.807) is 0 Å². The summed E-state index contributed by atoms with van der Waals surface area (Å²) in [6, 6.07) is 1.16. The molecule has 5 heteroatoms. The highest BCUT2D eigenvalue weighted by atomic mass is 32.2. The summed E-state index contributed by atoms with van der Waals surface area (Å²) in [7, 11) is 0. The number of nitrogens with one attached hydrogen (secondary N) is 1. The lowest BCUT2D eigenvalue weighted by molar-refractivity contribution is -0.0715. The van der Waals surface area contributed by atoms with E-state index in [1.165, 1.54) is 59.2 Å². The molecule has 3 atom stereocenters. The molecule has 0 aromatic carbocycles. The van der Waals surface area contributed by atoms with Crippen molar-refractivity contribution in [1.82, 2.24) is 10.3 Å². The first-order valence-corrected chi connectivity index (χ1v) is 10.7. The molecule has 3 nitrogen and oxygen atoms in total. The molecule has 1 N–H and O–H groups in total. The Hall–Kier alpha value is -0.100. The summed E-state index contributed by atoms with van der Waals surface area (Å²) in [6.07, 6.45) is 8.41. The average Bonchev–Trinajstić information content (AvgIpc) is 3.15. The van der Waals surface area contributed by atoms with Gasteiger partial charge in [-0.05, 0) is 50.7 Å². The lowest BCUT2D eigenvalue weighted by Crippen LogP contribution is -2.48. The molecule has 0 unspecified atom stereocenters. The maximum absolute atomic E-state index is 6.17. The molecule has 1 aromatic heterocycles. The van der Waals surface area contributed by atoms with Crippen LogP contribution in [-0.2, 0) is 17.6 Å². The number of aromatic nitrogens is 1. The number of aryl methyl sites for hydroxylation is 2. The molecule has 3 heterocycles. The first-order valence-electron chi connectivity index (χ1n) is 8.74. The molecule has 122 valence electrons. The van der Waals surface area contributed by atoms with Crippen molar-refractivity contribution < 1.29 is 4.74 Å². The predicted octanol–water partition coefficient (Wildman–Crippen LogP) is 3.73. The van der Waals surface area contributed by atoms with E-state index in [9.17, 15) is 0 Å². The van der Waals surface area contributed by atoms with Crippen molar-refractivity contribution in [3.63, 3.8) is 0 Å². The van der Waals surface area contributed by atoms with Gasteiger partial charge in [0.1, 0.15) is 0 Å². The molecule has 3 aliphatic rings. The minimum absolute atomic E-state index is 0.181. The minimum Gasteiger partial charge on any atom is -0.374 e. The molecule has 22 heavy (non-hydrogen) atoms. The molecule has 2 saturated heterocycles. The van der Waals surface area contributed by atoms with E-state index in [1.807, 2.05) is 11.3 Å². The Morgan fingerprint density at radius 1 is 1.41 bits per heavy atom. The zero-order valence-electron chi connectivity index (χ0n) is 13.4. The third-order valence-corrected chi connectivity index (χ3v) is 7.87. The second kappa shape index (κ2) is 6.42. The van der Waals surface area contributed by atoms with Crippen LogP contribution in [0.25, 0.3) is 0 Å². The number of nitrogens with zero attached hydrogens (tertiary/aromatic N) is 1. The van der Waals surface area contributed by atoms with E-state index < -0.39 is 0 Å². The van der Waals surface area contributed by atoms with E-state index in [2.05, 4.69) is 24.0 Å². The zero-order chi connectivity index (χ0) is 15.0. The number of hydrogen-bond donors (Lipinski definition) is 1. The van der Waals surface area contributed by atoms with Gasteiger partial charge in [0.25, 0.3) is 0 Å². The number of rotatable bonds is 3. The molecule has 0 amide bonds. The average molecular weight is 339 g/mol. The van der Waals surface area contributed by atoms with Crippen molar-refractivity contribution in [2.24, 2.45) is 0 Å². The van der Waals surface area contributed by atoms with Gasteiger partial charge in [-0.2, -0.15) is 11.8 Å². The zero-order valence-corrected chi connectivity index (χ0v) is 15.0. The van der Waals surface area contributed by atoms with E-state index in [0.717, 1.165) is 19.4 Å². The van der Waals surface area contributed by atoms with Crippen LogP contribution >= 0.6 is 23.1 Å². The van der Waals surface area contributed by atoms with Gasteiger partial charge in [-0.25, -0.2) is 4.98 Å². The quantitative estimate of drug-likeness (QED) is 0.911. The van der Waals surface area contributed by atoms with Crippen LogP contribution in [0.15, 0.2) is 0 Å². The molecule has 4 rings (SSSR count). The highest BCUT2D eigenvalue weighted by Gasteiger charge is 2.41. The van der Waals surface area contributed by atoms with E-state index in [0.29, 0.717) is 12.1 Å². The van der Waals surface area contributed by atoms with Crippen LogP contribution in [0, 0.1) is 0 Å². The van der Waals surface area contributed by atoms with Crippen LogP contribution in [0.1, 0.15) is 60.6 Å². The van der Waals surface area contributed by atoms with Crippen LogP contribution in [0.5, 0.6) is 0 Å². The molecule has 1 aromatic rings. The Bertz CT molecular complexity index is 525. The van der Waals surface area contributed by atoms with E-state index in [4.69, 9.17) is 9.72 Å². The molecule has 2 fully saturated rings. The Balaban J connectivity index is 1.46. The highest BCUT2D eigenvalue weighted by Crippen LogP contribution is 2.40. The molecule has 1 spiro atoms. The van der Waals surface area contributed by atoms with Crippen molar-refractivity contribution in [3.8, 4) is 0 Å². The Kier molecular flexibility index (Phi) is 4.50. The largest absolute Gasteiger partial charge is 0.374 e. The minimum atomic E-state index is 0.181. The Morgan fingerprint density at radius 2 is 2.36 bits per heavy atom. The highest BCUT2D eigenvalue weighted by molar-refractivity contribution is 7.99. The summed E-state index contributed by atoms with van der Waals surface area (Å²) >= 11 is 4.01. The van der Waals surface area contributed by atoms with Gasteiger partial charge in [0.15, 0.2) is 0 Å². The number of thiazole rings is 1. The molecule has 2 aliphatic heterocycles. The predicted molar refractivity (Wildman–Crippen MR) is 94.0 cm³/mol. The van der Waals surface area contributed by atoms with Gasteiger partial charge in [0.2, 0.25) is 0 Å². The lowest BCUT2D eigenvalue weighted by Gasteiger charge is -2.40. The number of thioether (sulfide) groups is 1. The Labute approximate surface area is 141 Å². The van der Waals surface area contributed by atoms with Gasteiger partial charge in [-0.3, -0.25) is 0 Å². The molecule has 1 aliphatic carbocycles. The fourth-order valence-corrected chi connectivity index (χ4v) is 6.62. The van der Waals surface area contributed by atoms with Crippen molar-refractivity contribution in [2.45, 2.75) is 69.6 Å². The second-order valence-corrected chi connectivity index (χ2v) is 9.13. The summed E-state index contributed by atoms with van der Waals surface area (Å²) < 4.78 is 6.17. The van der Waals surface area contributed by atoms with Crippen molar-refractivity contribution in [2.75, 3.05) is 18.1 Å². The van der Waals surface area contributed by atoms with E-state index >= 15 is 0 Å².